The average molecular weight is 869 g/mol. The molecular weight excluding hydrogens is 811 g/mol. The largest absolute Gasteiger partial charge is 0.497 e. The lowest BCUT2D eigenvalue weighted by Crippen LogP contribution is -2.41. The number of aromatic nitrogens is 6. The molecule has 4 aromatic heterocycles. The van der Waals surface area contributed by atoms with Gasteiger partial charge in [0.2, 0.25) is 11.8 Å². The van der Waals surface area contributed by atoms with Gasteiger partial charge in [-0.15, -0.1) is 5.10 Å². The smallest absolute Gasteiger partial charge is 0.246 e. The van der Waals surface area contributed by atoms with Crippen molar-refractivity contribution >= 4 is 48.3 Å². The van der Waals surface area contributed by atoms with E-state index in [0.717, 1.165) is 55.3 Å². The number of hydrogen-bond donors (Lipinski definition) is 1. The van der Waals surface area contributed by atoms with Crippen LogP contribution in [0.4, 0.5) is 5.69 Å². The van der Waals surface area contributed by atoms with Crippen LogP contribution in [0.15, 0.2) is 55.5 Å². The predicted molar refractivity (Wildman–Crippen MR) is 228 cm³/mol. The summed E-state index contributed by atoms with van der Waals surface area (Å²) in [5.41, 5.74) is 6.68. The molecule has 12 nitrogen and oxygen atoms in total. The quantitative estimate of drug-likeness (QED) is 0.0647. The number of pyridine rings is 1. The number of ether oxygens (including phenoxy) is 3. The minimum atomic E-state index is -1.89. The Hall–Kier alpha value is -3.86. The van der Waals surface area contributed by atoms with Gasteiger partial charge in [0.15, 0.2) is 14.0 Å². The van der Waals surface area contributed by atoms with Gasteiger partial charge in [-0.1, -0.05) is 46.4 Å². The second-order valence-electron chi connectivity index (χ2n) is 15.0. The van der Waals surface area contributed by atoms with Gasteiger partial charge in [0, 0.05) is 38.4 Å². The summed E-state index contributed by atoms with van der Waals surface area (Å²) in [6, 6.07) is 10.2. The van der Waals surface area contributed by atoms with Crippen molar-refractivity contribution in [3.63, 3.8) is 0 Å². The number of hydrogen-bond acceptors (Lipinski definition) is 9. The van der Waals surface area contributed by atoms with E-state index in [0.29, 0.717) is 51.2 Å². The molecular formula is C40H57IN8O4Si. The number of anilines is 1. The molecule has 0 aliphatic carbocycles. The molecule has 292 valence electrons. The summed E-state index contributed by atoms with van der Waals surface area (Å²) >= 11 is 2.37. The first kappa shape index (κ1) is 41.3. The minimum Gasteiger partial charge on any atom is -0.497 e. The molecule has 54 heavy (non-hydrogen) atoms. The standard InChI is InChI=1S/C40H57IN8O4Si/c1-12-31-23-43-37-34(42-22-29-15-17-32(50-9)18-16-29)21-30(26-48(31)37)33-24-44-46(8)39(33)53-28(4)25-47(13-2)27-35-36(41)38(51-14-3)45-49(35)19-20-52-54(10,11)40(5,6)7/h12,15-18,21,23-24,26,28,42H,1,13-14,19-20,22,25,27H2,2-11H3/t28-/m0/s1. The summed E-state index contributed by atoms with van der Waals surface area (Å²) in [5.74, 6) is 2.19. The first-order valence-corrected chi connectivity index (χ1v) is 22.6. The SMILES string of the molecule is C=Cc1cnc2c(NCc3ccc(OC)cc3)cc(-c3cnn(C)c3O[C@@H](C)CN(CC)Cc3c(I)c(OCC)nn3CCO[Si](C)(C)C(C)(C)C)cn12. The van der Waals surface area contributed by atoms with E-state index < -0.39 is 8.32 Å². The maximum Gasteiger partial charge on any atom is 0.246 e. The van der Waals surface area contributed by atoms with Crippen LogP contribution in [0, 0.1) is 3.57 Å². The normalized spacial score (nSPS) is 12.7. The van der Waals surface area contributed by atoms with Crippen molar-refractivity contribution in [2.24, 2.45) is 7.05 Å². The third-order valence-electron chi connectivity index (χ3n) is 10.1. The van der Waals surface area contributed by atoms with Crippen molar-refractivity contribution in [1.82, 2.24) is 33.8 Å². The predicted octanol–water partition coefficient (Wildman–Crippen LogP) is 8.51. The Morgan fingerprint density at radius 1 is 1.13 bits per heavy atom. The number of likely N-dealkylation sites (N-methyl/N-ethyl adjacent to an activating group) is 1. The maximum atomic E-state index is 6.74. The number of nitrogens with zero attached hydrogens (tertiary/aromatic N) is 7. The molecule has 4 heterocycles. The van der Waals surface area contributed by atoms with Gasteiger partial charge < -0.3 is 24.0 Å². The van der Waals surface area contributed by atoms with Gasteiger partial charge in [0.25, 0.3) is 0 Å². The van der Waals surface area contributed by atoms with Gasteiger partial charge >= 0.3 is 0 Å². The molecule has 0 spiro atoms. The number of methoxy groups -OCH3 is 1. The van der Waals surface area contributed by atoms with Gasteiger partial charge in [-0.3, -0.25) is 14.0 Å². The van der Waals surface area contributed by atoms with E-state index in [1.165, 1.54) is 0 Å². The Morgan fingerprint density at radius 2 is 1.87 bits per heavy atom. The first-order valence-electron chi connectivity index (χ1n) is 18.6. The number of imidazole rings is 1. The van der Waals surface area contributed by atoms with E-state index >= 15 is 0 Å². The summed E-state index contributed by atoms with van der Waals surface area (Å²) in [6.45, 7) is 26.4. The van der Waals surface area contributed by atoms with Gasteiger partial charge in [-0.05, 0) is 91.0 Å². The lowest BCUT2D eigenvalue weighted by molar-refractivity contribution is 0.133. The van der Waals surface area contributed by atoms with Crippen molar-refractivity contribution in [2.45, 2.75) is 85.4 Å². The molecule has 0 saturated carbocycles. The number of nitrogens with one attached hydrogen (secondary N) is 1. The fourth-order valence-corrected chi connectivity index (χ4v) is 7.71. The van der Waals surface area contributed by atoms with Crippen LogP contribution in [0.2, 0.25) is 18.1 Å². The Bertz CT molecular complexity index is 2010. The summed E-state index contributed by atoms with van der Waals surface area (Å²) in [6.07, 6.45) is 7.43. The molecule has 5 rings (SSSR count). The molecule has 0 radical (unpaired) electrons. The molecule has 1 atom stereocenters. The van der Waals surface area contributed by atoms with Crippen LogP contribution in [0.1, 0.15) is 58.5 Å². The Kier molecular flexibility index (Phi) is 13.6. The molecule has 1 aromatic carbocycles. The van der Waals surface area contributed by atoms with E-state index in [2.05, 4.69) is 126 Å². The molecule has 1 N–H and O–H groups in total. The lowest BCUT2D eigenvalue weighted by Gasteiger charge is -2.36. The Morgan fingerprint density at radius 3 is 2.52 bits per heavy atom. The molecule has 0 amide bonds. The molecule has 5 aromatic rings. The zero-order valence-corrected chi connectivity index (χ0v) is 36.7. The molecule has 0 saturated heterocycles. The number of benzene rings is 1. The summed E-state index contributed by atoms with van der Waals surface area (Å²) in [4.78, 5) is 7.09. The molecule has 0 unspecified atom stereocenters. The topological polar surface area (TPSA) is 105 Å². The zero-order valence-electron chi connectivity index (χ0n) is 33.6. The van der Waals surface area contributed by atoms with Crippen molar-refractivity contribution in [1.29, 1.82) is 0 Å². The lowest BCUT2D eigenvalue weighted by atomic mass is 10.1. The second-order valence-corrected chi connectivity index (χ2v) is 20.9. The fourth-order valence-electron chi connectivity index (χ4n) is 5.97. The maximum absolute atomic E-state index is 6.74. The van der Waals surface area contributed by atoms with Crippen molar-refractivity contribution in [2.75, 3.05) is 38.7 Å². The van der Waals surface area contributed by atoms with E-state index in [1.807, 2.05) is 44.6 Å². The van der Waals surface area contributed by atoms with Gasteiger partial charge in [0.1, 0.15) is 11.9 Å². The average Bonchev–Trinajstić information content (AvgIpc) is 3.81. The van der Waals surface area contributed by atoms with Gasteiger partial charge in [-0.25, -0.2) is 9.67 Å². The van der Waals surface area contributed by atoms with Crippen molar-refractivity contribution < 1.29 is 18.6 Å². The number of fused-ring (bicyclic) bond motifs is 1. The number of rotatable bonds is 19. The van der Waals surface area contributed by atoms with Crippen molar-refractivity contribution in [3.8, 4) is 28.6 Å². The van der Waals surface area contributed by atoms with Crippen LogP contribution in [-0.2, 0) is 31.1 Å². The van der Waals surface area contributed by atoms with Crippen LogP contribution >= 0.6 is 22.6 Å². The Labute approximate surface area is 335 Å². The highest BCUT2D eigenvalue weighted by molar-refractivity contribution is 14.1. The molecule has 0 fully saturated rings. The van der Waals surface area contributed by atoms with Crippen LogP contribution in [0.25, 0.3) is 22.9 Å². The zero-order chi connectivity index (χ0) is 39.2. The van der Waals surface area contributed by atoms with Gasteiger partial charge in [-0.2, -0.15) is 5.10 Å². The van der Waals surface area contributed by atoms with E-state index in [4.69, 9.17) is 28.7 Å². The minimum absolute atomic E-state index is 0.144. The summed E-state index contributed by atoms with van der Waals surface area (Å²) in [7, 11) is 1.70. The van der Waals surface area contributed by atoms with Crippen molar-refractivity contribution in [3.05, 3.63) is 76.0 Å². The van der Waals surface area contributed by atoms with E-state index in [-0.39, 0.29) is 11.1 Å². The molecule has 0 bridgehead atoms. The first-order chi connectivity index (χ1) is 25.7. The van der Waals surface area contributed by atoms with Crippen LogP contribution in [-0.4, -0.2) is 81.7 Å². The third kappa shape index (κ3) is 9.49. The fraction of sp³-hybridized carbons (Fsp3) is 0.475. The summed E-state index contributed by atoms with van der Waals surface area (Å²) in [5, 5.41) is 13.2. The van der Waals surface area contributed by atoms with E-state index in [1.54, 1.807) is 11.8 Å². The molecule has 0 aliphatic rings. The highest BCUT2D eigenvalue weighted by Crippen LogP contribution is 2.37. The van der Waals surface area contributed by atoms with Gasteiger partial charge in [0.05, 0.1) is 65.5 Å². The summed E-state index contributed by atoms with van der Waals surface area (Å²) < 4.78 is 31.5. The van der Waals surface area contributed by atoms with E-state index in [9.17, 15) is 0 Å². The highest BCUT2D eigenvalue weighted by atomic mass is 127. The third-order valence-corrected chi connectivity index (χ3v) is 15.8. The molecule has 0 aliphatic heterocycles. The van der Waals surface area contributed by atoms with Crippen LogP contribution < -0.4 is 19.5 Å². The highest BCUT2D eigenvalue weighted by Gasteiger charge is 2.37. The monoisotopic (exact) mass is 868 g/mol. The van der Waals surface area contributed by atoms with Crippen LogP contribution in [0.3, 0.4) is 0 Å². The second kappa shape index (κ2) is 17.7. The number of aryl methyl sites for hydroxylation is 1. The molecule has 14 heteroatoms. The number of halogens is 1. The van der Waals surface area contributed by atoms with Crippen LogP contribution in [0.5, 0.6) is 17.5 Å². The Balaban J connectivity index is 1.34.